The van der Waals surface area contributed by atoms with Crippen molar-refractivity contribution in [1.82, 2.24) is 14.4 Å². The Labute approximate surface area is 99.4 Å². The van der Waals surface area contributed by atoms with Crippen LogP contribution in [0.15, 0.2) is 0 Å². The molecule has 0 radical (unpaired) electrons. The molecule has 0 bridgehead atoms. The first kappa shape index (κ1) is 13.6. The highest BCUT2D eigenvalue weighted by atomic mass is 32.4. The third-order valence-corrected chi connectivity index (χ3v) is 8.19. The van der Waals surface area contributed by atoms with Gasteiger partial charge in [0.1, 0.15) is 6.49 Å². The molecule has 0 aromatic carbocycles. The number of hydrogen-bond donors (Lipinski definition) is 1. The molecule has 90 valence electrons. The van der Waals surface area contributed by atoms with Crippen LogP contribution in [0.1, 0.15) is 32.1 Å². The first-order valence-electron chi connectivity index (χ1n) is 5.70. The minimum Gasteiger partial charge on any atom is -0.262 e. The quantitative estimate of drug-likeness (QED) is 0.770. The van der Waals surface area contributed by atoms with Gasteiger partial charge in [-0.15, -0.1) is 0 Å². The van der Waals surface area contributed by atoms with Gasteiger partial charge in [0.2, 0.25) is 0 Å². The van der Waals surface area contributed by atoms with Crippen molar-refractivity contribution >= 4 is 18.3 Å². The maximum atomic E-state index is 5.78. The van der Waals surface area contributed by atoms with Gasteiger partial charge in [-0.2, -0.15) is 0 Å². The fraction of sp³-hybridized carbons (Fsp3) is 1.00. The fourth-order valence-electron chi connectivity index (χ4n) is 2.06. The molecule has 1 N–H and O–H groups in total. The van der Waals surface area contributed by atoms with Gasteiger partial charge in [0.25, 0.3) is 0 Å². The molecule has 0 heterocycles. The van der Waals surface area contributed by atoms with E-state index in [0.29, 0.717) is 6.04 Å². The van der Waals surface area contributed by atoms with Crippen molar-refractivity contribution in [1.29, 1.82) is 0 Å². The van der Waals surface area contributed by atoms with Gasteiger partial charge in [-0.3, -0.25) is 14.4 Å². The van der Waals surface area contributed by atoms with Gasteiger partial charge < -0.3 is 0 Å². The molecule has 15 heavy (non-hydrogen) atoms. The lowest BCUT2D eigenvalue weighted by Crippen LogP contribution is -2.37. The highest BCUT2D eigenvalue weighted by molar-refractivity contribution is 8.11. The van der Waals surface area contributed by atoms with Gasteiger partial charge in [0.15, 0.2) is 0 Å². The van der Waals surface area contributed by atoms with Gasteiger partial charge in [-0.05, 0) is 52.8 Å². The van der Waals surface area contributed by atoms with Crippen LogP contribution in [0.2, 0.25) is 0 Å². The summed E-state index contributed by atoms with van der Waals surface area (Å²) < 4.78 is 4.36. The van der Waals surface area contributed by atoms with E-state index in [9.17, 15) is 0 Å². The van der Waals surface area contributed by atoms with Gasteiger partial charge in [0.05, 0.1) is 0 Å². The second-order valence-corrected chi connectivity index (χ2v) is 9.18. The molecule has 1 rings (SSSR count). The second-order valence-electron chi connectivity index (χ2n) is 4.70. The summed E-state index contributed by atoms with van der Waals surface area (Å²) in [5.41, 5.74) is 0. The Bertz CT molecular complexity index is 225. The molecule has 0 amide bonds. The van der Waals surface area contributed by atoms with Crippen LogP contribution in [-0.4, -0.2) is 43.6 Å². The van der Waals surface area contributed by atoms with Crippen LogP contribution in [0.5, 0.6) is 0 Å². The van der Waals surface area contributed by atoms with Gasteiger partial charge >= 0.3 is 0 Å². The average Bonchev–Trinajstić information content (AvgIpc) is 2.18. The number of nitrogens with zero attached hydrogens (tertiary/aromatic N) is 2. The smallest absolute Gasteiger partial charge is 0.142 e. The van der Waals surface area contributed by atoms with E-state index in [2.05, 4.69) is 42.6 Å². The Balaban J connectivity index is 2.62. The van der Waals surface area contributed by atoms with Crippen LogP contribution in [0.3, 0.4) is 0 Å². The predicted molar refractivity (Wildman–Crippen MR) is 71.7 cm³/mol. The standard InChI is InChI=1S/C10H24N3PS/c1-12(2)14(15,13(3)4)11-10-8-6-5-7-9-10/h10H,5-9H2,1-4H3,(H,11,15). The summed E-state index contributed by atoms with van der Waals surface area (Å²) >= 11 is 5.78. The SMILES string of the molecule is CN(C)P(=S)(NC1CCCCC1)N(C)C. The minimum absolute atomic E-state index is 0.634. The molecule has 0 saturated heterocycles. The summed E-state index contributed by atoms with van der Waals surface area (Å²) in [6.45, 7) is -1.68. The van der Waals surface area contributed by atoms with E-state index in [1.54, 1.807) is 0 Å². The van der Waals surface area contributed by atoms with E-state index in [0.717, 1.165) is 0 Å². The predicted octanol–water partition coefficient (Wildman–Crippen LogP) is 2.26. The van der Waals surface area contributed by atoms with E-state index in [4.69, 9.17) is 11.8 Å². The van der Waals surface area contributed by atoms with E-state index < -0.39 is 6.49 Å². The summed E-state index contributed by atoms with van der Waals surface area (Å²) in [4.78, 5) is 0. The highest BCUT2D eigenvalue weighted by Gasteiger charge is 2.26. The third-order valence-electron chi connectivity index (χ3n) is 3.04. The summed E-state index contributed by atoms with van der Waals surface area (Å²) in [6, 6.07) is 0.634. The van der Waals surface area contributed by atoms with Crippen LogP contribution in [-0.2, 0) is 11.8 Å². The molecule has 0 aromatic rings. The first-order valence-corrected chi connectivity index (χ1v) is 8.41. The lowest BCUT2D eigenvalue weighted by Gasteiger charge is -2.39. The van der Waals surface area contributed by atoms with Crippen LogP contribution in [0.4, 0.5) is 0 Å². The van der Waals surface area contributed by atoms with E-state index in [-0.39, 0.29) is 0 Å². The maximum Gasteiger partial charge on any atom is 0.142 e. The molecule has 0 aliphatic heterocycles. The van der Waals surface area contributed by atoms with E-state index in [1.807, 2.05) is 0 Å². The highest BCUT2D eigenvalue weighted by Crippen LogP contribution is 2.46. The minimum atomic E-state index is -1.68. The van der Waals surface area contributed by atoms with Gasteiger partial charge in [-0.1, -0.05) is 19.3 Å². The molecule has 5 heteroatoms. The molecule has 1 fully saturated rings. The Morgan fingerprint density at radius 2 is 1.47 bits per heavy atom. The zero-order chi connectivity index (χ0) is 11.5. The third kappa shape index (κ3) is 3.50. The Kier molecular flexibility index (Phi) is 5.20. The topological polar surface area (TPSA) is 18.5 Å². The summed E-state index contributed by atoms with van der Waals surface area (Å²) in [6.07, 6.45) is 6.69. The van der Waals surface area contributed by atoms with Crippen molar-refractivity contribution in [3.05, 3.63) is 0 Å². The largest absolute Gasteiger partial charge is 0.262 e. The molecule has 1 aliphatic rings. The van der Waals surface area contributed by atoms with Crippen molar-refractivity contribution in [2.45, 2.75) is 38.1 Å². The zero-order valence-corrected chi connectivity index (χ0v) is 12.1. The molecule has 0 atom stereocenters. The van der Waals surface area contributed by atoms with Crippen LogP contribution < -0.4 is 5.09 Å². The lowest BCUT2D eigenvalue weighted by molar-refractivity contribution is 0.405. The number of rotatable bonds is 4. The van der Waals surface area contributed by atoms with Crippen LogP contribution >= 0.6 is 6.49 Å². The van der Waals surface area contributed by atoms with Crippen molar-refractivity contribution in [3.8, 4) is 0 Å². The number of hydrogen-bond acceptors (Lipinski definition) is 1. The average molecular weight is 249 g/mol. The van der Waals surface area contributed by atoms with Crippen LogP contribution in [0.25, 0.3) is 0 Å². The number of nitrogens with one attached hydrogen (secondary N) is 1. The monoisotopic (exact) mass is 249 g/mol. The van der Waals surface area contributed by atoms with Crippen molar-refractivity contribution in [2.24, 2.45) is 0 Å². The zero-order valence-electron chi connectivity index (χ0n) is 10.4. The molecule has 0 aromatic heterocycles. The van der Waals surface area contributed by atoms with Crippen molar-refractivity contribution in [2.75, 3.05) is 28.2 Å². The Hall–Kier alpha value is 0.530. The van der Waals surface area contributed by atoms with Crippen molar-refractivity contribution in [3.63, 3.8) is 0 Å². The fourth-order valence-corrected chi connectivity index (χ4v) is 4.42. The Morgan fingerprint density at radius 1 is 1.00 bits per heavy atom. The summed E-state index contributed by atoms with van der Waals surface area (Å²) in [5.74, 6) is 0. The lowest BCUT2D eigenvalue weighted by atomic mass is 9.96. The molecule has 0 unspecified atom stereocenters. The summed E-state index contributed by atoms with van der Waals surface area (Å²) in [5, 5.41) is 3.71. The molecule has 3 nitrogen and oxygen atoms in total. The van der Waals surface area contributed by atoms with Crippen LogP contribution in [0, 0.1) is 0 Å². The molecular formula is C10H24N3PS. The molecule has 0 spiro atoms. The molecule has 1 saturated carbocycles. The summed E-state index contributed by atoms with van der Waals surface area (Å²) in [7, 11) is 8.32. The normalized spacial score (nSPS) is 20.1. The first-order chi connectivity index (χ1) is 6.97. The Morgan fingerprint density at radius 3 is 1.87 bits per heavy atom. The molecular weight excluding hydrogens is 225 g/mol. The van der Waals surface area contributed by atoms with Gasteiger partial charge in [0, 0.05) is 6.04 Å². The van der Waals surface area contributed by atoms with E-state index in [1.165, 1.54) is 32.1 Å². The second kappa shape index (κ2) is 5.74. The van der Waals surface area contributed by atoms with E-state index >= 15 is 0 Å². The van der Waals surface area contributed by atoms with Gasteiger partial charge in [-0.25, -0.2) is 0 Å². The maximum absolute atomic E-state index is 5.78. The van der Waals surface area contributed by atoms with Crippen molar-refractivity contribution < 1.29 is 0 Å². The molecule has 1 aliphatic carbocycles.